The maximum atomic E-state index is 11.0. The molecule has 0 aliphatic heterocycles. The van der Waals surface area contributed by atoms with Crippen molar-refractivity contribution < 1.29 is 15.0 Å². The average molecular weight is 336 g/mol. The summed E-state index contributed by atoms with van der Waals surface area (Å²) in [6.45, 7) is 3.83. The van der Waals surface area contributed by atoms with E-state index < -0.39 is 5.97 Å². The van der Waals surface area contributed by atoms with Crippen molar-refractivity contribution in [1.29, 1.82) is 0 Å². The van der Waals surface area contributed by atoms with Crippen LogP contribution < -0.4 is 5.32 Å². The topological polar surface area (TPSA) is 82.5 Å². The van der Waals surface area contributed by atoms with Crippen LogP contribution in [0.15, 0.2) is 42.5 Å². The van der Waals surface area contributed by atoms with Crippen LogP contribution in [0.2, 0.25) is 0 Å². The summed E-state index contributed by atoms with van der Waals surface area (Å²) in [6.07, 6.45) is 0.392. The van der Waals surface area contributed by atoms with Crippen LogP contribution in [0.4, 0.5) is 11.4 Å². The summed E-state index contributed by atoms with van der Waals surface area (Å²) in [6, 6.07) is 13.0. The zero-order chi connectivity index (χ0) is 18.0. The van der Waals surface area contributed by atoms with Gasteiger partial charge in [-0.25, -0.2) is 0 Å². The fraction of sp³-hybridized carbons (Fsp3) is 0.200. The number of aliphatic carboxylic acids is 1. The van der Waals surface area contributed by atoms with Crippen LogP contribution >= 0.6 is 0 Å². The van der Waals surface area contributed by atoms with E-state index in [9.17, 15) is 9.90 Å². The molecule has 0 amide bonds. The first-order valence-electron chi connectivity index (χ1n) is 8.12. The van der Waals surface area contributed by atoms with Crippen LogP contribution in [0, 0.1) is 13.8 Å². The molecule has 0 aliphatic rings. The number of carboxylic acid groups (broad SMARTS) is 1. The van der Waals surface area contributed by atoms with Gasteiger partial charge in [0.15, 0.2) is 0 Å². The van der Waals surface area contributed by atoms with Gasteiger partial charge in [-0.2, -0.15) is 0 Å². The average Bonchev–Trinajstić information content (AvgIpc) is 2.57. The van der Waals surface area contributed by atoms with E-state index in [4.69, 9.17) is 5.11 Å². The Morgan fingerprint density at radius 2 is 1.92 bits per heavy atom. The van der Waals surface area contributed by atoms with Crippen LogP contribution in [-0.2, 0) is 11.2 Å². The Hall–Kier alpha value is -3.08. The van der Waals surface area contributed by atoms with Gasteiger partial charge < -0.3 is 15.5 Å². The molecular weight excluding hydrogens is 316 g/mol. The lowest BCUT2D eigenvalue weighted by Gasteiger charge is -2.18. The SMILES string of the molecule is Cc1ccc(O)c(Nc2c(CCC(=O)O)c(C)nc3ccccc23)c1. The smallest absolute Gasteiger partial charge is 0.303 e. The predicted octanol–water partition coefficient (Wildman–Crippen LogP) is 4.32. The number of nitrogens with zero attached hydrogens (tertiary/aromatic N) is 1. The fourth-order valence-electron chi connectivity index (χ4n) is 2.94. The zero-order valence-corrected chi connectivity index (χ0v) is 14.2. The van der Waals surface area contributed by atoms with Crippen LogP contribution in [0.3, 0.4) is 0 Å². The van der Waals surface area contributed by atoms with Crippen LogP contribution in [0.1, 0.15) is 23.2 Å². The molecule has 0 atom stereocenters. The molecule has 3 aromatic rings. The highest BCUT2D eigenvalue weighted by atomic mass is 16.4. The summed E-state index contributed by atoms with van der Waals surface area (Å²) in [5, 5.41) is 23.4. The maximum absolute atomic E-state index is 11.0. The lowest BCUT2D eigenvalue weighted by molar-refractivity contribution is -0.136. The molecule has 128 valence electrons. The largest absolute Gasteiger partial charge is 0.506 e. The number of carbonyl (C=O) groups is 1. The Bertz CT molecular complexity index is 951. The molecular formula is C20H20N2O3. The van der Waals surface area contributed by atoms with E-state index in [2.05, 4.69) is 10.3 Å². The number of carboxylic acids is 1. The molecule has 0 fully saturated rings. The number of nitrogens with one attached hydrogen (secondary N) is 1. The van der Waals surface area contributed by atoms with E-state index in [1.165, 1.54) is 0 Å². The summed E-state index contributed by atoms with van der Waals surface area (Å²) in [7, 11) is 0. The summed E-state index contributed by atoms with van der Waals surface area (Å²) in [5.74, 6) is -0.703. The van der Waals surface area contributed by atoms with Gasteiger partial charge in [0.1, 0.15) is 5.75 Å². The number of hydrogen-bond acceptors (Lipinski definition) is 4. The number of aryl methyl sites for hydroxylation is 2. The predicted molar refractivity (Wildman–Crippen MR) is 98.6 cm³/mol. The molecule has 0 aliphatic carbocycles. The maximum Gasteiger partial charge on any atom is 0.303 e. The van der Waals surface area contributed by atoms with Crippen LogP contribution in [0.5, 0.6) is 5.75 Å². The van der Waals surface area contributed by atoms with Gasteiger partial charge in [-0.05, 0) is 49.6 Å². The van der Waals surface area contributed by atoms with Crippen molar-refractivity contribution in [3.63, 3.8) is 0 Å². The Morgan fingerprint density at radius 3 is 2.68 bits per heavy atom. The number of rotatable bonds is 5. The molecule has 0 saturated heterocycles. The highest BCUT2D eigenvalue weighted by Crippen LogP contribution is 2.35. The summed E-state index contributed by atoms with van der Waals surface area (Å²) >= 11 is 0. The van der Waals surface area contributed by atoms with E-state index in [0.717, 1.165) is 33.4 Å². The van der Waals surface area contributed by atoms with Gasteiger partial charge in [0, 0.05) is 17.5 Å². The van der Waals surface area contributed by atoms with Crippen molar-refractivity contribution in [1.82, 2.24) is 4.98 Å². The van der Waals surface area contributed by atoms with Crippen molar-refractivity contribution in [2.24, 2.45) is 0 Å². The number of aromatic hydroxyl groups is 1. The number of anilines is 2. The van der Waals surface area contributed by atoms with Gasteiger partial charge in [-0.3, -0.25) is 9.78 Å². The highest BCUT2D eigenvalue weighted by molar-refractivity contribution is 5.95. The van der Waals surface area contributed by atoms with Gasteiger partial charge in [-0.1, -0.05) is 24.3 Å². The van der Waals surface area contributed by atoms with Gasteiger partial charge in [-0.15, -0.1) is 0 Å². The van der Waals surface area contributed by atoms with Gasteiger partial charge in [0.05, 0.1) is 16.9 Å². The molecule has 5 nitrogen and oxygen atoms in total. The number of pyridine rings is 1. The van der Waals surface area contributed by atoms with Gasteiger partial charge in [0.25, 0.3) is 0 Å². The van der Waals surface area contributed by atoms with E-state index in [0.29, 0.717) is 12.1 Å². The molecule has 25 heavy (non-hydrogen) atoms. The first kappa shape index (κ1) is 16.8. The first-order chi connectivity index (χ1) is 12.0. The number of fused-ring (bicyclic) bond motifs is 1. The monoisotopic (exact) mass is 336 g/mol. The molecule has 2 aromatic carbocycles. The Morgan fingerprint density at radius 1 is 1.16 bits per heavy atom. The van der Waals surface area contributed by atoms with Gasteiger partial charge >= 0.3 is 5.97 Å². The number of benzene rings is 2. The quantitative estimate of drug-likeness (QED) is 0.605. The number of phenolic OH excluding ortho intramolecular Hbond substituents is 1. The molecule has 3 rings (SSSR count). The number of aromatic nitrogens is 1. The van der Waals surface area contributed by atoms with E-state index in [-0.39, 0.29) is 12.2 Å². The summed E-state index contributed by atoms with van der Waals surface area (Å²) < 4.78 is 0. The number of phenols is 1. The van der Waals surface area contributed by atoms with E-state index >= 15 is 0 Å². The molecule has 0 spiro atoms. The third-order valence-electron chi connectivity index (χ3n) is 4.20. The Kier molecular flexibility index (Phi) is 4.57. The molecule has 3 N–H and O–H groups in total. The van der Waals surface area contributed by atoms with Gasteiger partial charge in [0.2, 0.25) is 0 Å². The van der Waals surface area contributed by atoms with Crippen molar-refractivity contribution >= 4 is 28.2 Å². The summed E-state index contributed by atoms with van der Waals surface area (Å²) in [4.78, 5) is 15.6. The third-order valence-corrected chi connectivity index (χ3v) is 4.20. The molecule has 0 bridgehead atoms. The zero-order valence-electron chi connectivity index (χ0n) is 14.2. The van der Waals surface area contributed by atoms with Crippen LogP contribution in [0.25, 0.3) is 10.9 Å². The Balaban J connectivity index is 2.17. The minimum absolute atomic E-state index is 0.0232. The van der Waals surface area contributed by atoms with Crippen LogP contribution in [-0.4, -0.2) is 21.2 Å². The second kappa shape index (κ2) is 6.81. The van der Waals surface area contributed by atoms with Crippen molar-refractivity contribution in [2.75, 3.05) is 5.32 Å². The fourth-order valence-corrected chi connectivity index (χ4v) is 2.94. The third kappa shape index (κ3) is 3.55. The lowest BCUT2D eigenvalue weighted by atomic mass is 10.0. The molecule has 1 heterocycles. The minimum atomic E-state index is -0.850. The molecule has 0 radical (unpaired) electrons. The molecule has 0 saturated carbocycles. The van der Waals surface area contributed by atoms with Crippen molar-refractivity contribution in [3.05, 3.63) is 59.3 Å². The second-order valence-electron chi connectivity index (χ2n) is 6.11. The van der Waals surface area contributed by atoms with E-state index in [1.807, 2.05) is 50.2 Å². The van der Waals surface area contributed by atoms with Crippen molar-refractivity contribution in [2.45, 2.75) is 26.7 Å². The summed E-state index contributed by atoms with van der Waals surface area (Å²) in [5.41, 5.74) is 4.87. The normalized spacial score (nSPS) is 10.8. The lowest BCUT2D eigenvalue weighted by Crippen LogP contribution is -2.06. The number of hydrogen-bond donors (Lipinski definition) is 3. The molecule has 5 heteroatoms. The van der Waals surface area contributed by atoms with Crippen molar-refractivity contribution in [3.8, 4) is 5.75 Å². The minimum Gasteiger partial charge on any atom is -0.506 e. The standard InChI is InChI=1S/C20H20N2O3/c1-12-7-9-18(23)17(11-12)22-20-14(8-10-19(24)25)13(2)21-16-6-4-3-5-15(16)20/h3-7,9,11,23H,8,10H2,1-2H3,(H,21,22)(H,24,25). The first-order valence-corrected chi connectivity index (χ1v) is 8.12. The molecule has 0 unspecified atom stereocenters. The molecule has 1 aromatic heterocycles. The Labute approximate surface area is 146 Å². The second-order valence-corrected chi connectivity index (χ2v) is 6.11. The van der Waals surface area contributed by atoms with E-state index in [1.54, 1.807) is 6.07 Å². The number of para-hydroxylation sites is 1. The highest BCUT2D eigenvalue weighted by Gasteiger charge is 2.15.